The smallest absolute Gasteiger partial charge is 0.0417 e. The Bertz CT molecular complexity index is 197. The van der Waals surface area contributed by atoms with Crippen molar-refractivity contribution < 1.29 is 0 Å². The zero-order valence-electron chi connectivity index (χ0n) is 6.40. The lowest BCUT2D eigenvalue weighted by molar-refractivity contribution is 0.452. The van der Waals surface area contributed by atoms with Crippen molar-refractivity contribution in [3.8, 4) is 0 Å². The highest BCUT2D eigenvalue weighted by molar-refractivity contribution is 4.95. The highest BCUT2D eigenvalue weighted by atomic mass is 15.2. The predicted octanol–water partition coefficient (Wildman–Crippen LogP) is 1.29. The zero-order valence-corrected chi connectivity index (χ0v) is 6.40. The number of nitrogens with zero attached hydrogens (tertiary/aromatic N) is 3. The van der Waals surface area contributed by atoms with Crippen LogP contribution in [0.3, 0.4) is 0 Å². The van der Waals surface area contributed by atoms with Gasteiger partial charge >= 0.3 is 0 Å². The van der Waals surface area contributed by atoms with Crippen molar-refractivity contribution in [3.63, 3.8) is 0 Å². The first-order chi connectivity index (χ1) is 5.42. The van der Waals surface area contributed by atoms with Crippen molar-refractivity contribution in [2.45, 2.75) is 18.9 Å². The first kappa shape index (κ1) is 6.95. The summed E-state index contributed by atoms with van der Waals surface area (Å²) < 4.78 is 0. The molecule has 2 aliphatic rings. The third-order valence-electron chi connectivity index (χ3n) is 2.92. The molecule has 0 aromatic heterocycles. The summed E-state index contributed by atoms with van der Waals surface area (Å²) in [6, 6.07) is 0.278. The maximum absolute atomic E-state index is 8.28. The molecule has 0 aromatic rings. The largest absolute Gasteiger partial charge is 0.316 e. The van der Waals surface area contributed by atoms with Gasteiger partial charge in [-0.1, -0.05) is 5.11 Å². The predicted molar refractivity (Wildman–Crippen MR) is 42.0 cm³/mol. The Balaban J connectivity index is 2.08. The summed E-state index contributed by atoms with van der Waals surface area (Å²) in [4.78, 5) is 2.88. The SMILES string of the molecule is [N-]=[N+]=N[C@H]1CC[C@@H]2CNC[C@@H]21. The van der Waals surface area contributed by atoms with Gasteiger partial charge in [0.15, 0.2) is 0 Å². The Hall–Kier alpha value is -0.730. The highest BCUT2D eigenvalue weighted by Crippen LogP contribution is 2.36. The lowest BCUT2D eigenvalue weighted by Crippen LogP contribution is -2.18. The Morgan fingerprint density at radius 2 is 2.27 bits per heavy atom. The third kappa shape index (κ3) is 1.08. The second kappa shape index (κ2) is 2.72. The normalized spacial score (nSPS) is 41.6. The average Bonchev–Trinajstić information content (AvgIpc) is 2.53. The van der Waals surface area contributed by atoms with Gasteiger partial charge in [-0.05, 0) is 43.3 Å². The van der Waals surface area contributed by atoms with E-state index in [4.69, 9.17) is 5.53 Å². The number of hydrogen-bond acceptors (Lipinski definition) is 2. The van der Waals surface area contributed by atoms with Crippen LogP contribution in [0.25, 0.3) is 10.4 Å². The van der Waals surface area contributed by atoms with Crippen molar-refractivity contribution in [3.05, 3.63) is 10.4 Å². The van der Waals surface area contributed by atoms with Gasteiger partial charge in [-0.3, -0.25) is 0 Å². The van der Waals surface area contributed by atoms with Crippen LogP contribution in [-0.4, -0.2) is 19.1 Å². The molecule has 1 N–H and O–H groups in total. The van der Waals surface area contributed by atoms with E-state index in [2.05, 4.69) is 15.3 Å². The summed E-state index contributed by atoms with van der Waals surface area (Å²) in [6.07, 6.45) is 2.34. The first-order valence-electron chi connectivity index (χ1n) is 4.16. The number of rotatable bonds is 1. The molecule has 0 aromatic carbocycles. The Labute approximate surface area is 65.6 Å². The van der Waals surface area contributed by atoms with E-state index in [1.807, 2.05) is 0 Å². The summed E-state index contributed by atoms with van der Waals surface area (Å²) >= 11 is 0. The molecule has 60 valence electrons. The fourth-order valence-corrected chi connectivity index (χ4v) is 2.33. The fraction of sp³-hybridized carbons (Fsp3) is 1.00. The summed E-state index contributed by atoms with van der Waals surface area (Å²) in [6.45, 7) is 2.18. The topological polar surface area (TPSA) is 60.8 Å². The summed E-state index contributed by atoms with van der Waals surface area (Å²) in [5, 5.41) is 7.14. The number of hydrogen-bond donors (Lipinski definition) is 1. The van der Waals surface area contributed by atoms with E-state index in [0.29, 0.717) is 5.92 Å². The molecule has 0 bridgehead atoms. The number of nitrogens with one attached hydrogen (secondary N) is 1. The molecule has 1 aliphatic carbocycles. The van der Waals surface area contributed by atoms with Gasteiger partial charge in [0.25, 0.3) is 0 Å². The molecule has 4 heteroatoms. The molecule has 4 nitrogen and oxygen atoms in total. The number of fused-ring (bicyclic) bond motifs is 1. The molecule has 11 heavy (non-hydrogen) atoms. The van der Waals surface area contributed by atoms with Crippen molar-refractivity contribution in [1.29, 1.82) is 0 Å². The monoisotopic (exact) mass is 152 g/mol. The lowest BCUT2D eigenvalue weighted by Gasteiger charge is -2.10. The maximum atomic E-state index is 8.28. The van der Waals surface area contributed by atoms with Gasteiger partial charge in [-0.25, -0.2) is 0 Å². The minimum atomic E-state index is 0.278. The van der Waals surface area contributed by atoms with Crippen LogP contribution in [0.4, 0.5) is 0 Å². The summed E-state index contributed by atoms with van der Waals surface area (Å²) in [7, 11) is 0. The van der Waals surface area contributed by atoms with Crippen LogP contribution < -0.4 is 5.32 Å². The van der Waals surface area contributed by atoms with Gasteiger partial charge < -0.3 is 5.32 Å². The Kier molecular flexibility index (Phi) is 1.72. The van der Waals surface area contributed by atoms with E-state index in [9.17, 15) is 0 Å². The summed E-state index contributed by atoms with van der Waals surface area (Å²) in [5.74, 6) is 1.41. The second-order valence-corrected chi connectivity index (χ2v) is 3.43. The van der Waals surface area contributed by atoms with Crippen molar-refractivity contribution >= 4 is 0 Å². The molecule has 3 atom stereocenters. The fourth-order valence-electron chi connectivity index (χ4n) is 2.33. The highest BCUT2D eigenvalue weighted by Gasteiger charge is 2.38. The maximum Gasteiger partial charge on any atom is 0.0417 e. The first-order valence-corrected chi connectivity index (χ1v) is 4.16. The second-order valence-electron chi connectivity index (χ2n) is 3.43. The molecule has 1 aliphatic heterocycles. The molecular formula is C7H12N4. The van der Waals surface area contributed by atoms with Crippen LogP contribution in [0, 0.1) is 11.8 Å². The molecular weight excluding hydrogens is 140 g/mol. The van der Waals surface area contributed by atoms with Crippen LogP contribution in [0.1, 0.15) is 12.8 Å². The van der Waals surface area contributed by atoms with Crippen molar-refractivity contribution in [2.75, 3.05) is 13.1 Å². The minimum absolute atomic E-state index is 0.278. The number of azide groups is 1. The standard InChI is InChI=1S/C7H12N4/c8-11-10-7-2-1-5-3-9-4-6(5)7/h5-7,9H,1-4H2/t5-,6+,7+/m1/s1. The quantitative estimate of drug-likeness (QED) is 0.343. The van der Waals surface area contributed by atoms with Crippen molar-refractivity contribution in [1.82, 2.24) is 5.32 Å². The molecule has 2 fully saturated rings. The van der Waals surface area contributed by atoms with Gasteiger partial charge in [0.05, 0.1) is 0 Å². The van der Waals surface area contributed by atoms with Crippen molar-refractivity contribution in [2.24, 2.45) is 17.0 Å². The molecule has 1 heterocycles. The van der Waals surface area contributed by atoms with Crippen LogP contribution in [-0.2, 0) is 0 Å². The van der Waals surface area contributed by atoms with Gasteiger partial charge in [0.1, 0.15) is 0 Å². The van der Waals surface area contributed by atoms with Crippen LogP contribution in [0.2, 0.25) is 0 Å². The van der Waals surface area contributed by atoms with Crippen LogP contribution >= 0.6 is 0 Å². The molecule has 0 radical (unpaired) electrons. The molecule has 1 saturated heterocycles. The molecule has 0 spiro atoms. The Morgan fingerprint density at radius 3 is 3.09 bits per heavy atom. The Morgan fingerprint density at radius 1 is 1.36 bits per heavy atom. The van der Waals surface area contributed by atoms with E-state index in [-0.39, 0.29) is 6.04 Å². The van der Waals surface area contributed by atoms with E-state index in [1.165, 1.54) is 6.42 Å². The molecule has 2 rings (SSSR count). The van der Waals surface area contributed by atoms with E-state index in [1.54, 1.807) is 0 Å². The third-order valence-corrected chi connectivity index (χ3v) is 2.92. The van der Waals surface area contributed by atoms with Gasteiger partial charge in [-0.2, -0.15) is 0 Å². The van der Waals surface area contributed by atoms with E-state index >= 15 is 0 Å². The van der Waals surface area contributed by atoms with Gasteiger partial charge in [-0.15, -0.1) is 0 Å². The van der Waals surface area contributed by atoms with E-state index < -0.39 is 0 Å². The average molecular weight is 152 g/mol. The van der Waals surface area contributed by atoms with Crippen LogP contribution in [0.15, 0.2) is 5.11 Å². The lowest BCUT2D eigenvalue weighted by atomic mass is 9.98. The van der Waals surface area contributed by atoms with Crippen LogP contribution in [0.5, 0.6) is 0 Å². The summed E-state index contributed by atoms with van der Waals surface area (Å²) in [5.41, 5.74) is 8.28. The minimum Gasteiger partial charge on any atom is -0.316 e. The van der Waals surface area contributed by atoms with Gasteiger partial charge in [0, 0.05) is 11.0 Å². The molecule has 0 unspecified atom stereocenters. The molecule has 1 saturated carbocycles. The van der Waals surface area contributed by atoms with Gasteiger partial charge in [0.2, 0.25) is 0 Å². The van der Waals surface area contributed by atoms with E-state index in [0.717, 1.165) is 25.4 Å². The zero-order chi connectivity index (χ0) is 7.68. The molecule has 0 amide bonds.